The Hall–Kier alpha value is -3.89. The molecule has 0 saturated carbocycles. The minimum absolute atomic E-state index is 0.0131. The number of benzene rings is 2. The van der Waals surface area contributed by atoms with E-state index in [1.54, 1.807) is 6.08 Å². The van der Waals surface area contributed by atoms with E-state index in [2.05, 4.69) is 11.9 Å². The molecule has 0 aromatic heterocycles. The van der Waals surface area contributed by atoms with Gasteiger partial charge in [-0.1, -0.05) is 50.3 Å². The van der Waals surface area contributed by atoms with E-state index in [0.717, 1.165) is 5.56 Å². The molecule has 0 radical (unpaired) electrons. The monoisotopic (exact) mass is 731 g/mol. The lowest BCUT2D eigenvalue weighted by Crippen LogP contribution is -2.58. The van der Waals surface area contributed by atoms with E-state index in [4.69, 9.17) is 23.7 Å². The highest BCUT2D eigenvalue weighted by Crippen LogP contribution is 2.38. The number of aliphatic hydroxyl groups excluding tert-OH is 1. The molecule has 0 spiro atoms. The van der Waals surface area contributed by atoms with Crippen LogP contribution in [-0.2, 0) is 30.7 Å². The average Bonchev–Trinajstić information content (AvgIpc) is 3.85. The van der Waals surface area contributed by atoms with Crippen LogP contribution in [0.1, 0.15) is 45.1 Å². The number of ether oxygens (including phenoxy) is 5. The molecule has 2 fully saturated rings. The number of hydrogen-bond acceptors (Lipinski definition) is 10. The predicted octanol–water partition coefficient (Wildman–Crippen LogP) is 4.23. The zero-order valence-corrected chi connectivity index (χ0v) is 30.0. The van der Waals surface area contributed by atoms with Crippen LogP contribution in [0.25, 0.3) is 0 Å². The number of carbonyl (C=O) groups is 2. The van der Waals surface area contributed by atoms with Crippen molar-refractivity contribution in [2.45, 2.75) is 75.3 Å². The predicted molar refractivity (Wildman–Crippen MR) is 186 cm³/mol. The second-order valence-corrected chi connectivity index (χ2v) is 15.8. The first-order valence-electron chi connectivity index (χ1n) is 17.3. The Labute approximate surface area is 299 Å². The summed E-state index contributed by atoms with van der Waals surface area (Å²) in [4.78, 5) is 26.2. The molecule has 5 rings (SSSR count). The molecule has 3 heterocycles. The van der Waals surface area contributed by atoms with Crippen molar-refractivity contribution in [1.82, 2.24) is 14.5 Å². The number of nitrogens with one attached hydrogen (secondary N) is 1. The molecule has 5 atom stereocenters. The Balaban J connectivity index is 1.40. The number of hydrogen-bond donors (Lipinski definition) is 3. The molecular formula is C36H49N3O11S. The van der Waals surface area contributed by atoms with Gasteiger partial charge < -0.3 is 39.2 Å². The Morgan fingerprint density at radius 1 is 1.14 bits per heavy atom. The smallest absolute Gasteiger partial charge is 0.407 e. The molecule has 2 aromatic rings. The molecule has 3 aliphatic heterocycles. The second-order valence-electron chi connectivity index (χ2n) is 13.8. The van der Waals surface area contributed by atoms with Crippen LogP contribution in [0, 0.1) is 11.3 Å². The van der Waals surface area contributed by atoms with Crippen molar-refractivity contribution in [1.29, 1.82) is 0 Å². The van der Waals surface area contributed by atoms with Crippen LogP contribution in [0.3, 0.4) is 0 Å². The first-order valence-corrected chi connectivity index (χ1v) is 18.7. The fourth-order valence-electron chi connectivity index (χ4n) is 6.90. The van der Waals surface area contributed by atoms with Crippen LogP contribution in [0.4, 0.5) is 9.59 Å². The standard InChI is InChI=1S/C36H49N3O11S/c1-4-5-17-47-34(41)37-16-9-15-36(2,3)23-38(51(44,45)26-12-13-31-32(20-26)50-24-49-31)21-30(40)28(19-25-10-7-6-8-11-25)39(35(42)43)29-22-48-33-27(29)14-18-46-33/h4,6-8,10-13,20,27-30,33,40H,1,5,9,14-19,21-24H2,2-3H3,(H,37,41)(H,42,43)/t27-,28-,29-,30+,33+/m0/s1. The quantitative estimate of drug-likeness (QED) is 0.148. The van der Waals surface area contributed by atoms with Crippen molar-refractivity contribution in [3.63, 3.8) is 0 Å². The van der Waals surface area contributed by atoms with Gasteiger partial charge in [0.05, 0.1) is 42.9 Å². The van der Waals surface area contributed by atoms with Gasteiger partial charge >= 0.3 is 12.2 Å². The Bertz CT molecular complexity index is 1610. The number of amides is 2. The summed E-state index contributed by atoms with van der Waals surface area (Å²) < 4.78 is 57.6. The molecule has 2 amide bonds. The van der Waals surface area contributed by atoms with Gasteiger partial charge in [-0.25, -0.2) is 18.0 Å². The SMILES string of the molecule is C=CCCOC(=O)NCCCC(C)(C)CN(C[C@@H](O)[C@H](Cc1ccccc1)N(C(=O)O)[C@H]1CO[C@H]2OCC[C@H]21)S(=O)(=O)c1ccc2c(c1)OCO2. The molecule has 14 nitrogen and oxygen atoms in total. The molecule has 15 heteroatoms. The van der Waals surface area contributed by atoms with Crippen molar-refractivity contribution < 1.29 is 51.9 Å². The lowest BCUT2D eigenvalue weighted by Gasteiger charge is -2.40. The number of carbonyl (C=O) groups excluding carboxylic acids is 1. The highest BCUT2D eigenvalue weighted by molar-refractivity contribution is 7.89. The van der Waals surface area contributed by atoms with Crippen molar-refractivity contribution in [3.8, 4) is 11.5 Å². The average molecular weight is 732 g/mol. The first kappa shape index (κ1) is 38.3. The number of nitrogens with zero attached hydrogens (tertiary/aromatic N) is 2. The molecular weight excluding hydrogens is 682 g/mol. The number of rotatable bonds is 18. The third kappa shape index (κ3) is 9.71. The number of aliphatic hydroxyl groups is 1. The fraction of sp³-hybridized carbons (Fsp3) is 0.556. The molecule has 2 saturated heterocycles. The number of alkyl carbamates (subject to hydrolysis) is 1. The highest BCUT2D eigenvalue weighted by Gasteiger charge is 2.49. The van der Waals surface area contributed by atoms with Gasteiger partial charge in [-0.05, 0) is 55.2 Å². The largest absolute Gasteiger partial charge is 0.465 e. The Kier molecular flexibility index (Phi) is 12.8. The summed E-state index contributed by atoms with van der Waals surface area (Å²) in [6, 6.07) is 11.9. The van der Waals surface area contributed by atoms with Crippen LogP contribution in [-0.4, -0.2) is 111 Å². The fourth-order valence-corrected chi connectivity index (χ4v) is 8.56. The van der Waals surface area contributed by atoms with Gasteiger partial charge in [0.25, 0.3) is 0 Å². The van der Waals surface area contributed by atoms with Gasteiger partial charge in [-0.2, -0.15) is 4.31 Å². The van der Waals surface area contributed by atoms with Gasteiger partial charge in [0.2, 0.25) is 16.8 Å². The summed E-state index contributed by atoms with van der Waals surface area (Å²) in [5.74, 6) is 0.492. The third-order valence-electron chi connectivity index (χ3n) is 9.51. The Morgan fingerprint density at radius 2 is 1.90 bits per heavy atom. The molecule has 0 unspecified atom stereocenters. The normalized spacial score (nSPS) is 20.8. The van der Waals surface area contributed by atoms with Crippen molar-refractivity contribution in [3.05, 3.63) is 66.7 Å². The second kappa shape index (κ2) is 17.1. The van der Waals surface area contributed by atoms with Gasteiger partial charge in [0.1, 0.15) is 0 Å². The van der Waals surface area contributed by atoms with Crippen LogP contribution < -0.4 is 14.8 Å². The summed E-state index contributed by atoms with van der Waals surface area (Å²) in [6.45, 7) is 8.05. The van der Waals surface area contributed by atoms with Gasteiger partial charge in [-0.3, -0.25) is 4.90 Å². The van der Waals surface area contributed by atoms with E-state index in [-0.39, 0.29) is 49.5 Å². The number of fused-ring (bicyclic) bond motifs is 2. The molecule has 3 aliphatic rings. The topological polar surface area (TPSA) is 173 Å². The van der Waals surface area contributed by atoms with E-state index in [9.17, 15) is 28.2 Å². The molecule has 0 aliphatic carbocycles. The molecule has 0 bridgehead atoms. The molecule has 280 valence electrons. The van der Waals surface area contributed by atoms with E-state index >= 15 is 0 Å². The first-order chi connectivity index (χ1) is 24.4. The van der Waals surface area contributed by atoms with Crippen LogP contribution in [0.15, 0.2) is 66.1 Å². The number of carboxylic acid groups (broad SMARTS) is 1. The molecule has 2 aromatic carbocycles. The van der Waals surface area contributed by atoms with Crippen LogP contribution in [0.2, 0.25) is 0 Å². The number of sulfonamides is 1. The summed E-state index contributed by atoms with van der Waals surface area (Å²) >= 11 is 0. The summed E-state index contributed by atoms with van der Waals surface area (Å²) in [5.41, 5.74) is 0.152. The summed E-state index contributed by atoms with van der Waals surface area (Å²) in [5, 5.41) is 25.4. The molecule has 3 N–H and O–H groups in total. The zero-order chi connectivity index (χ0) is 36.6. The maximum absolute atomic E-state index is 14.5. The van der Waals surface area contributed by atoms with Crippen molar-refractivity contribution in [2.75, 3.05) is 46.2 Å². The lowest BCUT2D eigenvalue weighted by atomic mass is 9.87. The van der Waals surface area contributed by atoms with Crippen LogP contribution in [0.5, 0.6) is 11.5 Å². The third-order valence-corrected chi connectivity index (χ3v) is 11.3. The van der Waals surface area contributed by atoms with E-state index in [0.29, 0.717) is 44.6 Å². The van der Waals surface area contributed by atoms with E-state index < -0.39 is 58.6 Å². The van der Waals surface area contributed by atoms with Crippen molar-refractivity contribution in [2.24, 2.45) is 11.3 Å². The van der Waals surface area contributed by atoms with Crippen molar-refractivity contribution >= 4 is 22.2 Å². The van der Waals surface area contributed by atoms with E-state index in [1.165, 1.54) is 27.4 Å². The Morgan fingerprint density at radius 3 is 2.65 bits per heavy atom. The maximum Gasteiger partial charge on any atom is 0.407 e. The minimum atomic E-state index is -4.26. The molecule has 51 heavy (non-hydrogen) atoms. The highest BCUT2D eigenvalue weighted by atomic mass is 32.2. The summed E-state index contributed by atoms with van der Waals surface area (Å²) in [7, 11) is -4.26. The zero-order valence-electron chi connectivity index (χ0n) is 29.1. The van der Waals surface area contributed by atoms with Gasteiger partial charge in [0.15, 0.2) is 17.8 Å². The van der Waals surface area contributed by atoms with Gasteiger partial charge in [-0.15, -0.1) is 6.58 Å². The lowest BCUT2D eigenvalue weighted by molar-refractivity contribution is -0.0906. The maximum atomic E-state index is 14.5. The summed E-state index contributed by atoms with van der Waals surface area (Å²) in [6.07, 6.45) is 0.236. The van der Waals surface area contributed by atoms with Gasteiger partial charge in [0, 0.05) is 31.6 Å². The minimum Gasteiger partial charge on any atom is -0.465 e. The van der Waals surface area contributed by atoms with Crippen LogP contribution >= 0.6 is 0 Å². The van der Waals surface area contributed by atoms with E-state index in [1.807, 2.05) is 44.2 Å².